The molecule has 0 N–H and O–H groups in total. The van der Waals surface area contributed by atoms with Gasteiger partial charge in [-0.25, -0.2) is 0 Å². The van der Waals surface area contributed by atoms with Crippen LogP contribution in [-0.4, -0.2) is 9.52 Å². The maximum absolute atomic E-state index is 9.58. The van der Waals surface area contributed by atoms with Gasteiger partial charge in [-0.05, 0) is 0 Å². The third-order valence-electron chi connectivity index (χ3n) is 14.5. The van der Waals surface area contributed by atoms with E-state index in [-0.39, 0.29) is 18.1 Å². The average molecular weight is 950 g/mol. The van der Waals surface area contributed by atoms with Crippen molar-refractivity contribution >= 4 is 52.3 Å². The third-order valence-corrected chi connectivity index (χ3v) is 37.0. The molecule has 6 aromatic rings. The zero-order valence-electron chi connectivity index (χ0n) is 38.1. The molecular formula is C58H63Cl2SiZr. The average Bonchev–Trinajstić information content (AvgIpc) is 3.98. The molecule has 0 bridgehead atoms. The standard InChI is InChI=1S/2C23H27.C12H9Si.2ClH.Zr/c2*1-5-6-10-18-13-14-19-15-20(23(2,3)4)16-21(19)22(18)17-11-8-7-9-12-17;1-3-7-11-9(5-1)10-6-2-4-8-12(10)13-11;;;/h2*7-9,11-16H,5-6,10H2,1-4H3;1-7H,13H2;2*1H;/q;;;;;+2/p-2. The number of fused-ring (bicyclic) bond motifs is 5. The molecule has 0 nitrogen and oxygen atoms in total. The summed E-state index contributed by atoms with van der Waals surface area (Å²) < 4.78 is 0.996. The molecule has 0 spiro atoms. The molecule has 0 fully saturated rings. The number of aryl methyl sites for hydroxylation is 2. The summed E-state index contributed by atoms with van der Waals surface area (Å²) in [6.45, 7) is 19.0. The molecule has 0 amide bonds. The molecule has 0 saturated carbocycles. The number of unbranched alkanes of at least 4 members (excludes halogenated alkanes) is 2. The van der Waals surface area contributed by atoms with Crippen LogP contribution >= 0.6 is 17.0 Å². The Kier molecular flexibility index (Phi) is 11.6. The second-order valence-electron chi connectivity index (χ2n) is 20.5. The van der Waals surface area contributed by atoms with Crippen molar-refractivity contribution in [3.05, 3.63) is 172 Å². The topological polar surface area (TPSA) is 0 Å². The predicted molar refractivity (Wildman–Crippen MR) is 272 cm³/mol. The van der Waals surface area contributed by atoms with Crippen LogP contribution in [0.1, 0.15) is 122 Å². The Hall–Kier alpha value is -3.52. The van der Waals surface area contributed by atoms with E-state index in [1.54, 1.807) is 0 Å². The van der Waals surface area contributed by atoms with Gasteiger partial charge in [0.25, 0.3) is 0 Å². The van der Waals surface area contributed by atoms with E-state index in [0.717, 1.165) is 38.5 Å². The van der Waals surface area contributed by atoms with Crippen LogP contribution in [-0.2, 0) is 29.2 Å². The van der Waals surface area contributed by atoms with E-state index >= 15 is 0 Å². The van der Waals surface area contributed by atoms with Crippen LogP contribution in [0.4, 0.5) is 0 Å². The molecule has 1 heterocycles. The van der Waals surface area contributed by atoms with Gasteiger partial charge in [-0.1, -0.05) is 0 Å². The molecule has 1 aliphatic heterocycles. The summed E-state index contributed by atoms with van der Waals surface area (Å²) in [7, 11) is 18.3. The molecule has 0 radical (unpaired) electrons. The molecule has 9 rings (SSSR count). The van der Waals surface area contributed by atoms with Crippen molar-refractivity contribution in [1.82, 2.24) is 0 Å². The Morgan fingerprint density at radius 2 is 0.968 bits per heavy atom. The van der Waals surface area contributed by atoms with Crippen molar-refractivity contribution < 1.29 is 16.4 Å². The second kappa shape index (κ2) is 16.5. The van der Waals surface area contributed by atoms with E-state index in [9.17, 15) is 17.0 Å². The fraction of sp³-hybridized carbons (Fsp3) is 0.310. The molecule has 0 saturated heterocycles. The molecule has 0 aromatic heterocycles. The van der Waals surface area contributed by atoms with Crippen LogP contribution in [0, 0.1) is 10.8 Å². The fourth-order valence-corrected chi connectivity index (χ4v) is 39.9. The van der Waals surface area contributed by atoms with Crippen molar-refractivity contribution in [3.8, 4) is 33.4 Å². The van der Waals surface area contributed by atoms with Gasteiger partial charge >= 0.3 is 386 Å². The summed E-state index contributed by atoms with van der Waals surface area (Å²) in [6.07, 6.45) is 11.8. The van der Waals surface area contributed by atoms with Gasteiger partial charge in [0.1, 0.15) is 0 Å². The van der Waals surface area contributed by atoms with E-state index < -0.39 is 25.9 Å². The van der Waals surface area contributed by atoms with Crippen LogP contribution in [0.15, 0.2) is 139 Å². The third kappa shape index (κ3) is 7.19. The number of hydrogen-bond acceptors (Lipinski definition) is 0. The van der Waals surface area contributed by atoms with Gasteiger partial charge < -0.3 is 0 Å². The first-order valence-electron chi connectivity index (χ1n) is 23.3. The first-order valence-corrected chi connectivity index (χ1v) is 35.1. The molecule has 6 aromatic carbocycles. The van der Waals surface area contributed by atoms with E-state index in [4.69, 9.17) is 0 Å². The minimum absolute atomic E-state index is 0.150. The predicted octanol–water partition coefficient (Wildman–Crippen LogP) is 14.8. The monoisotopic (exact) mass is 947 g/mol. The van der Waals surface area contributed by atoms with Crippen molar-refractivity contribution in [2.24, 2.45) is 10.8 Å². The summed E-state index contributed by atoms with van der Waals surface area (Å²) in [4.78, 5) is 0. The van der Waals surface area contributed by atoms with Crippen molar-refractivity contribution in [2.75, 3.05) is 0 Å². The Morgan fingerprint density at radius 1 is 0.516 bits per heavy atom. The first kappa shape index (κ1) is 43.7. The Bertz CT molecular complexity index is 2610. The van der Waals surface area contributed by atoms with Crippen LogP contribution in [0.25, 0.3) is 45.5 Å². The van der Waals surface area contributed by atoms with Gasteiger partial charge in [0.15, 0.2) is 0 Å². The van der Waals surface area contributed by atoms with E-state index in [2.05, 4.69) is 195 Å². The molecule has 2 atom stereocenters. The van der Waals surface area contributed by atoms with Crippen molar-refractivity contribution in [1.29, 1.82) is 0 Å². The van der Waals surface area contributed by atoms with Crippen LogP contribution < -0.4 is 13.6 Å². The van der Waals surface area contributed by atoms with Gasteiger partial charge in [-0.2, -0.15) is 0 Å². The van der Waals surface area contributed by atoms with E-state index in [1.807, 2.05) is 0 Å². The van der Waals surface area contributed by atoms with Crippen LogP contribution in [0.3, 0.4) is 0 Å². The van der Waals surface area contributed by atoms with Gasteiger partial charge in [-0.15, -0.1) is 0 Å². The van der Waals surface area contributed by atoms with Crippen molar-refractivity contribution in [3.63, 3.8) is 0 Å². The summed E-state index contributed by atoms with van der Waals surface area (Å²) in [6, 6.07) is 48.3. The summed E-state index contributed by atoms with van der Waals surface area (Å²) in [5.74, 6) is 0. The zero-order valence-corrected chi connectivity index (χ0v) is 43.5. The summed E-state index contributed by atoms with van der Waals surface area (Å²) in [5.41, 5.74) is 18.5. The van der Waals surface area contributed by atoms with Crippen LogP contribution in [0.5, 0.6) is 0 Å². The van der Waals surface area contributed by atoms with Gasteiger partial charge in [0.05, 0.1) is 0 Å². The zero-order chi connectivity index (χ0) is 43.6. The number of hydrogen-bond donors (Lipinski definition) is 0. The molecule has 3 aliphatic rings. The van der Waals surface area contributed by atoms with Gasteiger partial charge in [-0.3, -0.25) is 0 Å². The SMILES string of the molecule is CCCCc1ccc2c(c1-c1ccccc1)C=C(C(C)(C)C)[CH]2[Zr]([Cl])([Cl])([c]1cccc2c1[SiH2]c1ccccc1-2)[CH]1C(C(C)(C)C)=Cc2c1ccc(CCCC)c2-c1ccccc1. The Morgan fingerprint density at radius 3 is 1.44 bits per heavy atom. The molecule has 62 heavy (non-hydrogen) atoms. The Balaban J connectivity index is 1.42. The normalized spacial score (nSPS) is 17.8. The van der Waals surface area contributed by atoms with E-state index in [0.29, 0.717) is 0 Å². The number of halogens is 2. The molecular weight excluding hydrogens is 887 g/mol. The van der Waals surface area contributed by atoms with Gasteiger partial charge in [0, 0.05) is 0 Å². The minimum atomic E-state index is -5.81. The first-order chi connectivity index (χ1) is 29.7. The number of benzene rings is 6. The maximum atomic E-state index is 9.58. The molecule has 4 heteroatoms. The Labute approximate surface area is 383 Å². The second-order valence-corrected chi connectivity index (χ2v) is 43.0. The van der Waals surface area contributed by atoms with Crippen LogP contribution in [0.2, 0.25) is 0 Å². The number of allylic oxidation sites excluding steroid dienone is 2. The molecule has 2 unspecified atom stereocenters. The quantitative estimate of drug-likeness (QED) is 0.113. The molecule has 317 valence electrons. The van der Waals surface area contributed by atoms with Crippen molar-refractivity contribution in [2.45, 2.75) is 101 Å². The number of rotatable bonds is 11. The molecule has 2 aliphatic carbocycles. The van der Waals surface area contributed by atoms with Gasteiger partial charge in [0.2, 0.25) is 0 Å². The summed E-state index contributed by atoms with van der Waals surface area (Å²) >= 11 is -5.81. The van der Waals surface area contributed by atoms with E-state index in [1.165, 1.54) is 91.6 Å². The fourth-order valence-electron chi connectivity index (χ4n) is 11.6. The summed E-state index contributed by atoms with van der Waals surface area (Å²) in [5, 5.41) is 2.97.